The molecule has 0 atom stereocenters. The number of benzene rings is 2. The lowest BCUT2D eigenvalue weighted by Crippen LogP contribution is -2.18. The van der Waals surface area contributed by atoms with Crippen LogP contribution in [-0.4, -0.2) is 32.9 Å². The van der Waals surface area contributed by atoms with Gasteiger partial charge in [-0.15, -0.1) is 0 Å². The Hall–Kier alpha value is -3.02. The first-order valence-electron chi connectivity index (χ1n) is 7.88. The molecule has 0 aliphatic carbocycles. The zero-order valence-electron chi connectivity index (χ0n) is 14.8. The van der Waals surface area contributed by atoms with Crippen LogP contribution in [0.5, 0.6) is 17.2 Å². The molecular formula is C19H22N2O4. The first-order valence-corrected chi connectivity index (χ1v) is 7.88. The van der Waals surface area contributed by atoms with E-state index in [0.29, 0.717) is 29.4 Å². The molecule has 2 rings (SSSR count). The highest BCUT2D eigenvalue weighted by Crippen LogP contribution is 2.27. The number of hydrogen-bond donors (Lipinski definition) is 1. The van der Waals surface area contributed by atoms with Crippen molar-refractivity contribution in [1.29, 1.82) is 0 Å². The van der Waals surface area contributed by atoms with Crippen molar-refractivity contribution in [3.8, 4) is 17.2 Å². The van der Waals surface area contributed by atoms with Crippen molar-refractivity contribution in [3.05, 3.63) is 53.1 Å². The van der Waals surface area contributed by atoms with Crippen LogP contribution in [0.3, 0.4) is 0 Å². The molecule has 2 aromatic carbocycles. The quantitative estimate of drug-likeness (QED) is 0.620. The molecule has 0 fully saturated rings. The molecular weight excluding hydrogens is 320 g/mol. The van der Waals surface area contributed by atoms with Crippen LogP contribution in [0.2, 0.25) is 0 Å². The summed E-state index contributed by atoms with van der Waals surface area (Å²) in [5.74, 6) is 1.44. The number of methoxy groups -OCH3 is 2. The Balaban J connectivity index is 2.09. The second kappa shape index (κ2) is 8.73. The molecule has 1 amide bonds. The first kappa shape index (κ1) is 18.3. The summed E-state index contributed by atoms with van der Waals surface area (Å²) in [5.41, 5.74) is 4.71. The lowest BCUT2D eigenvalue weighted by Gasteiger charge is -2.09. The van der Waals surface area contributed by atoms with Gasteiger partial charge in [-0.05, 0) is 55.3 Å². The van der Waals surface area contributed by atoms with Crippen LogP contribution in [0.15, 0.2) is 41.5 Å². The maximum atomic E-state index is 12.2. The Morgan fingerprint density at radius 1 is 1.08 bits per heavy atom. The molecule has 0 unspecified atom stereocenters. The molecule has 25 heavy (non-hydrogen) atoms. The highest BCUT2D eigenvalue weighted by Gasteiger charge is 2.11. The normalized spacial score (nSPS) is 10.6. The molecule has 6 nitrogen and oxygen atoms in total. The molecule has 0 radical (unpaired) electrons. The minimum Gasteiger partial charge on any atom is -0.496 e. The molecule has 0 spiro atoms. The monoisotopic (exact) mass is 342 g/mol. The topological polar surface area (TPSA) is 69.2 Å². The Kier molecular flexibility index (Phi) is 6.39. The van der Waals surface area contributed by atoms with Crippen LogP contribution in [0.1, 0.15) is 28.4 Å². The number of hydrazone groups is 1. The second-order valence-corrected chi connectivity index (χ2v) is 5.25. The maximum Gasteiger partial charge on any atom is 0.275 e. The third kappa shape index (κ3) is 4.73. The van der Waals surface area contributed by atoms with Gasteiger partial charge in [0.15, 0.2) is 11.5 Å². The summed E-state index contributed by atoms with van der Waals surface area (Å²) in [6, 6.07) is 10.8. The molecule has 0 aliphatic rings. The van der Waals surface area contributed by atoms with Gasteiger partial charge in [-0.2, -0.15) is 5.10 Å². The van der Waals surface area contributed by atoms with Gasteiger partial charge in [0.05, 0.1) is 32.6 Å². The van der Waals surface area contributed by atoms with Crippen LogP contribution in [0.4, 0.5) is 0 Å². The summed E-state index contributed by atoms with van der Waals surface area (Å²) in [5, 5.41) is 3.99. The number of ether oxygens (including phenoxy) is 3. The summed E-state index contributed by atoms with van der Waals surface area (Å²) >= 11 is 0. The van der Waals surface area contributed by atoms with Crippen molar-refractivity contribution in [2.45, 2.75) is 13.8 Å². The highest BCUT2D eigenvalue weighted by atomic mass is 16.5. The molecule has 0 aliphatic heterocycles. The lowest BCUT2D eigenvalue weighted by molar-refractivity contribution is 0.0952. The fourth-order valence-electron chi connectivity index (χ4n) is 2.25. The molecule has 0 saturated carbocycles. The highest BCUT2D eigenvalue weighted by molar-refractivity contribution is 5.97. The van der Waals surface area contributed by atoms with Gasteiger partial charge in [0.25, 0.3) is 5.91 Å². The third-order valence-corrected chi connectivity index (χ3v) is 3.47. The van der Waals surface area contributed by atoms with Gasteiger partial charge in [0.2, 0.25) is 0 Å². The van der Waals surface area contributed by atoms with E-state index in [-0.39, 0.29) is 5.91 Å². The Morgan fingerprint density at radius 3 is 2.52 bits per heavy atom. The van der Waals surface area contributed by atoms with Crippen molar-refractivity contribution in [1.82, 2.24) is 5.43 Å². The van der Waals surface area contributed by atoms with E-state index in [9.17, 15) is 4.79 Å². The largest absolute Gasteiger partial charge is 0.496 e. The second-order valence-electron chi connectivity index (χ2n) is 5.25. The van der Waals surface area contributed by atoms with Crippen LogP contribution >= 0.6 is 0 Å². The molecule has 2 aromatic rings. The molecule has 0 saturated heterocycles. The zero-order valence-corrected chi connectivity index (χ0v) is 14.8. The van der Waals surface area contributed by atoms with E-state index in [1.165, 1.54) is 13.3 Å². The zero-order chi connectivity index (χ0) is 18.2. The van der Waals surface area contributed by atoms with Gasteiger partial charge in [0, 0.05) is 0 Å². The minimum atomic E-state index is -0.342. The standard InChI is InChI=1S/C19H22N2O4/c1-5-25-16-9-7-14(11-18(16)24-4)12-20-21-19(22)15-8-6-13(2)10-17(15)23-3/h6-12H,5H2,1-4H3,(H,21,22)/b20-12-. The fraction of sp³-hybridized carbons (Fsp3) is 0.263. The Morgan fingerprint density at radius 2 is 1.84 bits per heavy atom. The molecule has 0 bridgehead atoms. The predicted molar refractivity (Wildman–Crippen MR) is 97.0 cm³/mol. The number of hydrogen-bond acceptors (Lipinski definition) is 5. The van der Waals surface area contributed by atoms with Crippen molar-refractivity contribution >= 4 is 12.1 Å². The van der Waals surface area contributed by atoms with Gasteiger partial charge >= 0.3 is 0 Å². The van der Waals surface area contributed by atoms with Gasteiger partial charge in [-0.1, -0.05) is 6.07 Å². The summed E-state index contributed by atoms with van der Waals surface area (Å²) < 4.78 is 16.0. The van der Waals surface area contributed by atoms with E-state index in [4.69, 9.17) is 14.2 Å². The first-order chi connectivity index (χ1) is 12.1. The summed E-state index contributed by atoms with van der Waals surface area (Å²) in [6.45, 7) is 4.39. The van der Waals surface area contributed by atoms with Crippen LogP contribution in [0, 0.1) is 6.92 Å². The van der Waals surface area contributed by atoms with Crippen molar-refractivity contribution < 1.29 is 19.0 Å². The third-order valence-electron chi connectivity index (χ3n) is 3.47. The average Bonchev–Trinajstić information content (AvgIpc) is 2.62. The van der Waals surface area contributed by atoms with Gasteiger partial charge in [-0.25, -0.2) is 5.43 Å². The van der Waals surface area contributed by atoms with E-state index in [2.05, 4.69) is 10.5 Å². The number of carbonyl (C=O) groups excluding carboxylic acids is 1. The Bertz CT molecular complexity index is 772. The van der Waals surface area contributed by atoms with E-state index in [0.717, 1.165) is 11.1 Å². The number of nitrogens with zero attached hydrogens (tertiary/aromatic N) is 1. The number of amides is 1. The lowest BCUT2D eigenvalue weighted by atomic mass is 10.1. The Labute approximate surface area is 147 Å². The number of rotatable bonds is 7. The van der Waals surface area contributed by atoms with E-state index in [1.54, 1.807) is 31.4 Å². The predicted octanol–water partition coefficient (Wildman–Crippen LogP) is 3.17. The number of nitrogens with one attached hydrogen (secondary N) is 1. The van der Waals surface area contributed by atoms with Crippen molar-refractivity contribution in [3.63, 3.8) is 0 Å². The van der Waals surface area contributed by atoms with Gasteiger partial charge < -0.3 is 14.2 Å². The molecule has 132 valence electrons. The van der Waals surface area contributed by atoms with E-state index >= 15 is 0 Å². The van der Waals surface area contributed by atoms with E-state index in [1.807, 2.05) is 26.0 Å². The summed E-state index contributed by atoms with van der Waals surface area (Å²) in [6.07, 6.45) is 1.54. The summed E-state index contributed by atoms with van der Waals surface area (Å²) in [4.78, 5) is 12.2. The SMILES string of the molecule is CCOc1ccc(/C=N\NC(=O)c2ccc(C)cc2OC)cc1OC. The minimum absolute atomic E-state index is 0.342. The smallest absolute Gasteiger partial charge is 0.275 e. The summed E-state index contributed by atoms with van der Waals surface area (Å²) in [7, 11) is 3.10. The maximum absolute atomic E-state index is 12.2. The average molecular weight is 342 g/mol. The van der Waals surface area contributed by atoms with Crippen molar-refractivity contribution in [2.24, 2.45) is 5.10 Å². The molecule has 1 N–H and O–H groups in total. The van der Waals surface area contributed by atoms with Crippen molar-refractivity contribution in [2.75, 3.05) is 20.8 Å². The number of carbonyl (C=O) groups is 1. The molecule has 0 heterocycles. The van der Waals surface area contributed by atoms with Crippen LogP contribution in [0.25, 0.3) is 0 Å². The number of aryl methyl sites for hydroxylation is 1. The van der Waals surface area contributed by atoms with Crippen LogP contribution < -0.4 is 19.6 Å². The van der Waals surface area contributed by atoms with Crippen LogP contribution in [-0.2, 0) is 0 Å². The van der Waals surface area contributed by atoms with E-state index < -0.39 is 0 Å². The van der Waals surface area contributed by atoms with Gasteiger partial charge in [0.1, 0.15) is 5.75 Å². The fourth-order valence-corrected chi connectivity index (χ4v) is 2.25. The molecule has 0 aromatic heterocycles. The molecule has 6 heteroatoms. The van der Waals surface area contributed by atoms with Gasteiger partial charge in [-0.3, -0.25) is 4.79 Å².